The molecule has 9 heteroatoms. The predicted molar refractivity (Wildman–Crippen MR) is 144 cm³/mol. The molecule has 0 spiro atoms. The van der Waals surface area contributed by atoms with Crippen molar-refractivity contribution in [1.29, 1.82) is 0 Å². The monoisotopic (exact) mass is 502 g/mol. The SMILES string of the molecule is CN=Cc1ccc(NC(=O)N2CCCC2c2cccc(C(=O)Nc3nc4c(s3)CN(C)CC4)c2)cc1. The van der Waals surface area contributed by atoms with Crippen LogP contribution in [0, 0.1) is 0 Å². The number of nitrogens with one attached hydrogen (secondary N) is 2. The lowest BCUT2D eigenvalue weighted by molar-refractivity contribution is 0.102. The third kappa shape index (κ3) is 5.32. The number of thiazole rings is 1. The summed E-state index contributed by atoms with van der Waals surface area (Å²) in [6, 6.07) is 14.9. The molecule has 2 aromatic carbocycles. The van der Waals surface area contributed by atoms with Gasteiger partial charge in [-0.25, -0.2) is 9.78 Å². The Bertz CT molecular complexity index is 1290. The van der Waals surface area contributed by atoms with Crippen molar-refractivity contribution in [3.8, 4) is 0 Å². The predicted octanol–water partition coefficient (Wildman–Crippen LogP) is 4.80. The van der Waals surface area contributed by atoms with Crippen molar-refractivity contribution >= 4 is 40.3 Å². The summed E-state index contributed by atoms with van der Waals surface area (Å²) in [5.41, 5.74) is 4.34. The van der Waals surface area contributed by atoms with E-state index in [9.17, 15) is 9.59 Å². The normalized spacial score (nSPS) is 17.8. The maximum absolute atomic E-state index is 13.1. The van der Waals surface area contributed by atoms with Gasteiger partial charge in [-0.15, -0.1) is 11.3 Å². The zero-order valence-electron chi connectivity index (χ0n) is 20.5. The number of anilines is 2. The van der Waals surface area contributed by atoms with Gasteiger partial charge in [-0.3, -0.25) is 15.1 Å². The molecule has 8 nitrogen and oxygen atoms in total. The molecule has 3 heterocycles. The lowest BCUT2D eigenvalue weighted by Crippen LogP contribution is -2.34. The van der Waals surface area contributed by atoms with E-state index in [1.807, 2.05) is 47.4 Å². The van der Waals surface area contributed by atoms with Gasteiger partial charge < -0.3 is 15.1 Å². The van der Waals surface area contributed by atoms with E-state index in [2.05, 4.69) is 32.6 Å². The summed E-state index contributed by atoms with van der Waals surface area (Å²) >= 11 is 1.55. The second-order valence-electron chi connectivity index (χ2n) is 9.25. The molecule has 36 heavy (non-hydrogen) atoms. The summed E-state index contributed by atoms with van der Waals surface area (Å²) in [4.78, 5) is 40.1. The van der Waals surface area contributed by atoms with Crippen molar-refractivity contribution in [2.75, 3.05) is 37.8 Å². The number of aromatic nitrogens is 1. The summed E-state index contributed by atoms with van der Waals surface area (Å²) < 4.78 is 0. The van der Waals surface area contributed by atoms with Crippen molar-refractivity contribution in [1.82, 2.24) is 14.8 Å². The lowest BCUT2D eigenvalue weighted by Gasteiger charge is -2.25. The van der Waals surface area contributed by atoms with Crippen LogP contribution in [0.4, 0.5) is 15.6 Å². The minimum absolute atomic E-state index is 0.0769. The molecule has 2 aliphatic heterocycles. The van der Waals surface area contributed by atoms with E-state index in [4.69, 9.17) is 0 Å². The fraction of sp³-hybridized carbons (Fsp3) is 0.333. The van der Waals surface area contributed by atoms with Crippen LogP contribution in [0.5, 0.6) is 0 Å². The number of amides is 3. The highest BCUT2D eigenvalue weighted by Crippen LogP contribution is 2.33. The minimum atomic E-state index is -0.180. The van der Waals surface area contributed by atoms with Crippen LogP contribution in [0.25, 0.3) is 0 Å². The third-order valence-corrected chi connectivity index (χ3v) is 7.63. The van der Waals surface area contributed by atoms with E-state index in [0.29, 0.717) is 17.2 Å². The smallest absolute Gasteiger partial charge is 0.317 e. The maximum atomic E-state index is 13.1. The van der Waals surface area contributed by atoms with Crippen LogP contribution in [0.2, 0.25) is 0 Å². The molecule has 0 aliphatic carbocycles. The number of nitrogens with zero attached hydrogens (tertiary/aromatic N) is 4. The summed E-state index contributed by atoms with van der Waals surface area (Å²) in [5.74, 6) is -0.180. The van der Waals surface area contributed by atoms with E-state index < -0.39 is 0 Å². The lowest BCUT2D eigenvalue weighted by atomic mass is 10.0. The summed E-state index contributed by atoms with van der Waals surface area (Å²) in [7, 11) is 3.82. The number of urea groups is 1. The van der Waals surface area contributed by atoms with Crippen molar-refractivity contribution < 1.29 is 9.59 Å². The Morgan fingerprint density at radius 1 is 1.14 bits per heavy atom. The Hall–Kier alpha value is -3.56. The van der Waals surface area contributed by atoms with Gasteiger partial charge >= 0.3 is 6.03 Å². The van der Waals surface area contributed by atoms with E-state index in [-0.39, 0.29) is 18.0 Å². The van der Waals surface area contributed by atoms with E-state index in [0.717, 1.165) is 54.9 Å². The van der Waals surface area contributed by atoms with Crippen molar-refractivity contribution in [2.45, 2.75) is 31.8 Å². The highest BCUT2D eigenvalue weighted by atomic mass is 32.1. The number of likely N-dealkylation sites (tertiary alicyclic amines) is 1. The molecule has 2 N–H and O–H groups in total. The number of fused-ring (bicyclic) bond motifs is 1. The van der Waals surface area contributed by atoms with Gasteiger partial charge in [0.1, 0.15) is 0 Å². The van der Waals surface area contributed by atoms with Gasteiger partial charge in [0.05, 0.1) is 11.7 Å². The Morgan fingerprint density at radius 2 is 1.97 bits per heavy atom. The molecular weight excluding hydrogens is 472 g/mol. The second-order valence-corrected chi connectivity index (χ2v) is 10.3. The highest BCUT2D eigenvalue weighted by molar-refractivity contribution is 7.15. The number of rotatable bonds is 5. The van der Waals surface area contributed by atoms with E-state index >= 15 is 0 Å². The van der Waals surface area contributed by atoms with Crippen LogP contribution in [-0.4, -0.2) is 60.1 Å². The standard InChI is InChI=1S/C27H30N6O2S/c1-28-16-18-8-10-21(11-9-18)29-27(35)33-13-4-7-23(33)19-5-3-6-20(15-19)25(34)31-26-30-22-12-14-32(2)17-24(22)36-26/h3,5-6,8-11,15-16,23H,4,7,12-14,17H2,1-2H3,(H,29,35)(H,30,31,34). The molecular formula is C27H30N6O2S. The third-order valence-electron chi connectivity index (χ3n) is 6.63. The van der Waals surface area contributed by atoms with Gasteiger partial charge in [-0.1, -0.05) is 24.3 Å². The number of likely N-dealkylation sites (N-methyl/N-ethyl adjacent to an activating group) is 1. The number of aliphatic imine (C=N–C) groups is 1. The van der Waals surface area contributed by atoms with Crippen LogP contribution in [-0.2, 0) is 13.0 Å². The number of carbonyl (C=O) groups is 2. The molecule has 2 aliphatic rings. The molecule has 3 aromatic rings. The second kappa shape index (κ2) is 10.6. The maximum Gasteiger partial charge on any atom is 0.322 e. The molecule has 1 aromatic heterocycles. The van der Waals surface area contributed by atoms with Gasteiger partial charge in [0, 0.05) is 55.4 Å². The Kier molecular flexibility index (Phi) is 7.11. The summed E-state index contributed by atoms with van der Waals surface area (Å²) in [6.45, 7) is 2.53. The van der Waals surface area contributed by atoms with Gasteiger partial charge in [-0.05, 0) is 55.3 Å². The van der Waals surface area contributed by atoms with Crippen molar-refractivity contribution in [2.24, 2.45) is 4.99 Å². The quantitative estimate of drug-likeness (QED) is 0.491. The highest BCUT2D eigenvalue weighted by Gasteiger charge is 2.30. The van der Waals surface area contributed by atoms with Crippen LogP contribution in [0.3, 0.4) is 0 Å². The van der Waals surface area contributed by atoms with Crippen LogP contribution in [0.15, 0.2) is 53.5 Å². The molecule has 1 unspecified atom stereocenters. The molecule has 0 radical (unpaired) electrons. The molecule has 0 saturated carbocycles. The average molecular weight is 503 g/mol. The first kappa shape index (κ1) is 24.1. The summed E-state index contributed by atoms with van der Waals surface area (Å²) in [6.07, 6.45) is 4.45. The number of benzene rings is 2. The minimum Gasteiger partial charge on any atom is -0.317 e. The van der Waals surface area contributed by atoms with Gasteiger partial charge in [0.2, 0.25) is 0 Å². The van der Waals surface area contributed by atoms with Crippen LogP contribution < -0.4 is 10.6 Å². The van der Waals surface area contributed by atoms with E-state index in [1.54, 1.807) is 30.7 Å². The first-order valence-electron chi connectivity index (χ1n) is 12.2. The number of carbonyl (C=O) groups excluding carboxylic acids is 2. The molecule has 0 bridgehead atoms. The number of hydrogen-bond acceptors (Lipinski definition) is 6. The van der Waals surface area contributed by atoms with Gasteiger partial charge in [0.15, 0.2) is 5.13 Å². The molecule has 1 atom stereocenters. The zero-order valence-corrected chi connectivity index (χ0v) is 21.3. The Labute approximate surface area is 215 Å². The Morgan fingerprint density at radius 3 is 2.78 bits per heavy atom. The Balaban J connectivity index is 1.26. The molecule has 186 valence electrons. The van der Waals surface area contributed by atoms with Crippen LogP contribution >= 0.6 is 11.3 Å². The zero-order chi connectivity index (χ0) is 25.1. The fourth-order valence-electron chi connectivity index (χ4n) is 4.79. The number of hydrogen-bond donors (Lipinski definition) is 2. The van der Waals surface area contributed by atoms with Gasteiger partial charge in [0.25, 0.3) is 5.91 Å². The fourth-order valence-corrected chi connectivity index (χ4v) is 5.87. The molecule has 5 rings (SSSR count). The average Bonchev–Trinajstić information content (AvgIpc) is 3.52. The van der Waals surface area contributed by atoms with Crippen molar-refractivity contribution in [3.63, 3.8) is 0 Å². The first-order chi connectivity index (χ1) is 17.5. The van der Waals surface area contributed by atoms with E-state index in [1.165, 1.54) is 4.88 Å². The van der Waals surface area contributed by atoms with Crippen molar-refractivity contribution in [3.05, 3.63) is 75.8 Å². The first-order valence-corrected chi connectivity index (χ1v) is 13.0. The largest absolute Gasteiger partial charge is 0.322 e. The summed E-state index contributed by atoms with van der Waals surface area (Å²) in [5, 5.41) is 6.62. The topological polar surface area (TPSA) is 89.9 Å². The molecule has 1 fully saturated rings. The van der Waals surface area contributed by atoms with Crippen LogP contribution in [0.1, 0.15) is 50.9 Å². The molecule has 1 saturated heterocycles. The molecule has 3 amide bonds. The van der Waals surface area contributed by atoms with Gasteiger partial charge in [-0.2, -0.15) is 0 Å².